The zero-order chi connectivity index (χ0) is 23.8. The molecular weight excluding hydrogens is 400 g/mol. The molecule has 0 amide bonds. The molecule has 4 nitrogen and oxygen atoms in total. The third-order valence-corrected chi connectivity index (χ3v) is 6.94. The van der Waals surface area contributed by atoms with Crippen LogP contribution in [0.1, 0.15) is 149 Å². The Morgan fingerprint density at radius 1 is 0.594 bits per heavy atom. The first-order valence-electron chi connectivity index (χ1n) is 14.0. The highest BCUT2D eigenvalue weighted by Crippen LogP contribution is 2.21. The first-order valence-corrected chi connectivity index (χ1v) is 14.0. The van der Waals surface area contributed by atoms with Crippen LogP contribution in [0.4, 0.5) is 0 Å². The SMILES string of the molecule is CCCCCCCCCCCCCCCCCCCCCC(=O)OCC(CC)(CO)CO. The summed E-state index contributed by atoms with van der Waals surface area (Å²) < 4.78 is 5.26. The molecule has 2 N–H and O–H groups in total. The summed E-state index contributed by atoms with van der Waals surface area (Å²) in [5, 5.41) is 18.8. The van der Waals surface area contributed by atoms with Crippen molar-refractivity contribution in [3.05, 3.63) is 0 Å². The van der Waals surface area contributed by atoms with Crippen molar-refractivity contribution in [1.29, 1.82) is 0 Å². The van der Waals surface area contributed by atoms with Crippen molar-refractivity contribution >= 4 is 5.97 Å². The Morgan fingerprint density at radius 2 is 0.938 bits per heavy atom. The summed E-state index contributed by atoms with van der Waals surface area (Å²) >= 11 is 0. The van der Waals surface area contributed by atoms with E-state index in [4.69, 9.17) is 4.74 Å². The second-order valence-electron chi connectivity index (χ2n) is 9.94. The van der Waals surface area contributed by atoms with Gasteiger partial charge in [-0.3, -0.25) is 4.79 Å². The number of aliphatic hydroxyl groups excluding tert-OH is 2. The maximum absolute atomic E-state index is 11.8. The average molecular weight is 457 g/mol. The molecule has 0 radical (unpaired) electrons. The average Bonchev–Trinajstić information content (AvgIpc) is 2.82. The third-order valence-electron chi connectivity index (χ3n) is 6.94. The highest BCUT2D eigenvalue weighted by atomic mass is 16.5. The van der Waals surface area contributed by atoms with Gasteiger partial charge in [0.1, 0.15) is 6.61 Å². The second-order valence-corrected chi connectivity index (χ2v) is 9.94. The summed E-state index contributed by atoms with van der Waals surface area (Å²) in [6.07, 6.45) is 26.5. The molecule has 0 saturated carbocycles. The molecule has 0 rings (SSSR count). The van der Waals surface area contributed by atoms with Gasteiger partial charge in [0.05, 0.1) is 18.6 Å². The highest BCUT2D eigenvalue weighted by Gasteiger charge is 2.28. The van der Waals surface area contributed by atoms with Gasteiger partial charge in [-0.2, -0.15) is 0 Å². The van der Waals surface area contributed by atoms with E-state index in [1.807, 2.05) is 6.92 Å². The summed E-state index contributed by atoms with van der Waals surface area (Å²) in [5.41, 5.74) is -0.691. The molecule has 0 heterocycles. The van der Waals surface area contributed by atoms with Crippen molar-refractivity contribution in [1.82, 2.24) is 0 Å². The maximum atomic E-state index is 11.8. The van der Waals surface area contributed by atoms with Crippen LogP contribution >= 0.6 is 0 Å². The third kappa shape index (κ3) is 18.9. The molecule has 0 aliphatic rings. The van der Waals surface area contributed by atoms with Crippen LogP contribution in [0.25, 0.3) is 0 Å². The second kappa shape index (κ2) is 23.5. The lowest BCUT2D eigenvalue weighted by molar-refractivity contribution is -0.149. The number of unbranched alkanes of at least 4 members (excludes halogenated alkanes) is 18. The van der Waals surface area contributed by atoms with Crippen LogP contribution in [-0.4, -0.2) is 36.0 Å². The Labute approximate surface area is 199 Å². The molecule has 0 aliphatic heterocycles. The Kier molecular flexibility index (Phi) is 23.1. The monoisotopic (exact) mass is 456 g/mol. The van der Waals surface area contributed by atoms with Gasteiger partial charge in [0.2, 0.25) is 0 Å². The molecule has 0 aliphatic carbocycles. The van der Waals surface area contributed by atoms with Crippen molar-refractivity contribution in [3.63, 3.8) is 0 Å². The first-order chi connectivity index (χ1) is 15.6. The van der Waals surface area contributed by atoms with Crippen LogP contribution in [0.5, 0.6) is 0 Å². The molecule has 0 spiro atoms. The number of hydrogen-bond donors (Lipinski definition) is 2. The number of carbonyl (C=O) groups is 1. The van der Waals surface area contributed by atoms with Crippen molar-refractivity contribution in [2.45, 2.75) is 149 Å². The lowest BCUT2D eigenvalue weighted by Crippen LogP contribution is -2.35. The molecule has 0 unspecified atom stereocenters. The van der Waals surface area contributed by atoms with E-state index in [0.29, 0.717) is 12.8 Å². The van der Waals surface area contributed by atoms with Crippen molar-refractivity contribution < 1.29 is 19.7 Å². The number of hydrogen-bond acceptors (Lipinski definition) is 4. The molecule has 0 aromatic carbocycles. The van der Waals surface area contributed by atoms with E-state index >= 15 is 0 Å². The van der Waals surface area contributed by atoms with Crippen molar-refractivity contribution in [2.24, 2.45) is 5.41 Å². The van der Waals surface area contributed by atoms with Gasteiger partial charge < -0.3 is 14.9 Å². The van der Waals surface area contributed by atoms with Gasteiger partial charge in [-0.15, -0.1) is 0 Å². The van der Waals surface area contributed by atoms with Gasteiger partial charge in [-0.25, -0.2) is 0 Å². The van der Waals surface area contributed by atoms with E-state index in [1.54, 1.807) is 0 Å². The summed E-state index contributed by atoms with van der Waals surface area (Å²) in [4.78, 5) is 11.8. The standard InChI is InChI=1S/C28H56O4/c1-3-5-6-7-8-9-10-11-12-13-14-15-16-17-18-19-20-21-22-23-27(31)32-26-28(4-2,24-29)25-30/h29-30H,3-26H2,1-2H3. The Morgan fingerprint density at radius 3 is 1.25 bits per heavy atom. The van der Waals surface area contributed by atoms with Crippen LogP contribution in [0, 0.1) is 5.41 Å². The molecule has 0 aromatic rings. The maximum Gasteiger partial charge on any atom is 0.305 e. The number of rotatable bonds is 25. The van der Waals surface area contributed by atoms with Crippen molar-refractivity contribution in [3.8, 4) is 0 Å². The molecule has 4 heteroatoms. The number of aliphatic hydroxyl groups is 2. The normalized spacial score (nSPS) is 11.8. The fourth-order valence-corrected chi connectivity index (χ4v) is 4.12. The molecular formula is C28H56O4. The zero-order valence-corrected chi connectivity index (χ0v) is 21.7. The Bertz CT molecular complexity index is 385. The molecule has 32 heavy (non-hydrogen) atoms. The predicted octanol–water partition coefficient (Wildman–Crippen LogP) is 7.73. The molecule has 0 aromatic heterocycles. The van der Waals surface area contributed by atoms with E-state index in [1.165, 1.54) is 109 Å². The van der Waals surface area contributed by atoms with E-state index in [2.05, 4.69) is 6.92 Å². The molecule has 0 bridgehead atoms. The van der Waals surface area contributed by atoms with Crippen LogP contribution in [0.15, 0.2) is 0 Å². The molecule has 192 valence electrons. The Hall–Kier alpha value is -0.610. The van der Waals surface area contributed by atoms with Gasteiger partial charge >= 0.3 is 5.97 Å². The van der Waals surface area contributed by atoms with Crippen LogP contribution in [0.2, 0.25) is 0 Å². The molecule has 0 atom stereocenters. The van der Waals surface area contributed by atoms with Gasteiger partial charge in [0.25, 0.3) is 0 Å². The van der Waals surface area contributed by atoms with Gasteiger partial charge in [-0.05, 0) is 12.8 Å². The lowest BCUT2D eigenvalue weighted by Gasteiger charge is -2.27. The van der Waals surface area contributed by atoms with Gasteiger partial charge in [0.15, 0.2) is 0 Å². The van der Waals surface area contributed by atoms with Crippen LogP contribution < -0.4 is 0 Å². The molecule has 0 saturated heterocycles. The van der Waals surface area contributed by atoms with Crippen LogP contribution in [0.3, 0.4) is 0 Å². The van der Waals surface area contributed by atoms with E-state index in [9.17, 15) is 15.0 Å². The topological polar surface area (TPSA) is 66.8 Å². The number of esters is 1. The van der Waals surface area contributed by atoms with E-state index in [0.717, 1.165) is 12.8 Å². The lowest BCUT2D eigenvalue weighted by atomic mass is 9.88. The van der Waals surface area contributed by atoms with E-state index < -0.39 is 5.41 Å². The predicted molar refractivity (Wildman–Crippen MR) is 136 cm³/mol. The number of ether oxygens (including phenoxy) is 1. The quantitative estimate of drug-likeness (QED) is 0.109. The molecule has 0 fully saturated rings. The summed E-state index contributed by atoms with van der Waals surface area (Å²) in [7, 11) is 0. The van der Waals surface area contributed by atoms with Crippen molar-refractivity contribution in [2.75, 3.05) is 19.8 Å². The summed E-state index contributed by atoms with van der Waals surface area (Å²) in [5.74, 6) is -0.211. The van der Waals surface area contributed by atoms with E-state index in [-0.39, 0.29) is 25.8 Å². The summed E-state index contributed by atoms with van der Waals surface area (Å²) in [6, 6.07) is 0. The Balaban J connectivity index is 3.29. The number of carbonyl (C=O) groups excluding carboxylic acids is 1. The first kappa shape index (κ1) is 31.4. The van der Waals surface area contributed by atoms with Crippen LogP contribution in [-0.2, 0) is 9.53 Å². The minimum Gasteiger partial charge on any atom is -0.465 e. The fraction of sp³-hybridized carbons (Fsp3) is 0.964. The summed E-state index contributed by atoms with van der Waals surface area (Å²) in [6.45, 7) is 3.95. The van der Waals surface area contributed by atoms with Gasteiger partial charge in [0, 0.05) is 6.42 Å². The largest absolute Gasteiger partial charge is 0.465 e. The highest BCUT2D eigenvalue weighted by molar-refractivity contribution is 5.69. The fourth-order valence-electron chi connectivity index (χ4n) is 4.12. The zero-order valence-electron chi connectivity index (χ0n) is 21.7. The smallest absolute Gasteiger partial charge is 0.305 e. The minimum absolute atomic E-state index is 0.106. The van der Waals surface area contributed by atoms with Gasteiger partial charge in [-0.1, -0.05) is 129 Å². The minimum atomic E-state index is -0.691.